The SMILES string of the molecule is Cc1ccc(Oc2cncc(CCl)c2)cn1. The van der Waals surface area contributed by atoms with Gasteiger partial charge in [-0.15, -0.1) is 11.6 Å². The summed E-state index contributed by atoms with van der Waals surface area (Å²) in [5.41, 5.74) is 1.89. The topological polar surface area (TPSA) is 35.0 Å². The van der Waals surface area contributed by atoms with Crippen LogP contribution in [0.5, 0.6) is 11.5 Å². The summed E-state index contributed by atoms with van der Waals surface area (Å²) in [6.45, 7) is 1.93. The predicted octanol–water partition coefficient (Wildman–Crippen LogP) is 3.32. The van der Waals surface area contributed by atoms with Crippen LogP contribution < -0.4 is 4.74 Å². The zero-order chi connectivity index (χ0) is 11.4. The highest BCUT2D eigenvalue weighted by molar-refractivity contribution is 6.17. The van der Waals surface area contributed by atoms with Crippen molar-refractivity contribution in [3.63, 3.8) is 0 Å². The Balaban J connectivity index is 2.16. The number of pyridine rings is 2. The molecule has 0 unspecified atom stereocenters. The number of rotatable bonds is 3. The minimum atomic E-state index is 0.427. The zero-order valence-electron chi connectivity index (χ0n) is 8.85. The molecule has 0 aliphatic rings. The van der Waals surface area contributed by atoms with Crippen LogP contribution in [0.25, 0.3) is 0 Å². The van der Waals surface area contributed by atoms with E-state index in [4.69, 9.17) is 16.3 Å². The molecule has 2 heterocycles. The molecule has 0 aliphatic heterocycles. The first kappa shape index (κ1) is 10.9. The van der Waals surface area contributed by atoms with Gasteiger partial charge in [-0.25, -0.2) is 0 Å². The van der Waals surface area contributed by atoms with E-state index < -0.39 is 0 Å². The van der Waals surface area contributed by atoms with E-state index in [9.17, 15) is 0 Å². The Bertz CT molecular complexity index is 471. The fourth-order valence-corrected chi connectivity index (χ4v) is 1.39. The minimum Gasteiger partial charge on any atom is -0.454 e. The van der Waals surface area contributed by atoms with Crippen molar-refractivity contribution in [2.24, 2.45) is 0 Å². The monoisotopic (exact) mass is 234 g/mol. The van der Waals surface area contributed by atoms with Crippen molar-refractivity contribution in [3.05, 3.63) is 48.0 Å². The molecule has 0 bridgehead atoms. The third kappa shape index (κ3) is 2.70. The lowest BCUT2D eigenvalue weighted by Crippen LogP contribution is -1.89. The van der Waals surface area contributed by atoms with Gasteiger partial charge in [0.05, 0.1) is 12.4 Å². The van der Waals surface area contributed by atoms with Gasteiger partial charge in [0.2, 0.25) is 0 Å². The minimum absolute atomic E-state index is 0.427. The highest BCUT2D eigenvalue weighted by Gasteiger charge is 1.99. The van der Waals surface area contributed by atoms with Crippen molar-refractivity contribution in [2.75, 3.05) is 0 Å². The predicted molar refractivity (Wildman–Crippen MR) is 62.8 cm³/mol. The van der Waals surface area contributed by atoms with Gasteiger partial charge in [-0.2, -0.15) is 0 Å². The van der Waals surface area contributed by atoms with Crippen molar-refractivity contribution in [1.29, 1.82) is 0 Å². The summed E-state index contributed by atoms with van der Waals surface area (Å²) < 4.78 is 5.59. The van der Waals surface area contributed by atoms with Crippen LogP contribution >= 0.6 is 11.6 Å². The summed E-state index contributed by atoms with van der Waals surface area (Å²) >= 11 is 5.71. The molecule has 82 valence electrons. The maximum atomic E-state index is 5.71. The van der Waals surface area contributed by atoms with Crippen LogP contribution in [-0.2, 0) is 5.88 Å². The van der Waals surface area contributed by atoms with Crippen LogP contribution in [0.3, 0.4) is 0 Å². The van der Waals surface area contributed by atoms with E-state index in [0.717, 1.165) is 11.3 Å². The lowest BCUT2D eigenvalue weighted by Gasteiger charge is -2.05. The number of nitrogens with zero attached hydrogens (tertiary/aromatic N) is 2. The van der Waals surface area contributed by atoms with E-state index in [1.54, 1.807) is 18.6 Å². The van der Waals surface area contributed by atoms with E-state index in [1.165, 1.54) is 0 Å². The molecule has 0 saturated heterocycles. The molecule has 16 heavy (non-hydrogen) atoms. The Hall–Kier alpha value is -1.61. The average molecular weight is 235 g/mol. The van der Waals surface area contributed by atoms with Gasteiger partial charge in [0.25, 0.3) is 0 Å². The largest absolute Gasteiger partial charge is 0.454 e. The number of halogens is 1. The third-order valence-electron chi connectivity index (χ3n) is 2.04. The molecular weight excluding hydrogens is 224 g/mol. The summed E-state index contributed by atoms with van der Waals surface area (Å²) in [7, 11) is 0. The maximum absolute atomic E-state index is 5.71. The van der Waals surface area contributed by atoms with Gasteiger partial charge >= 0.3 is 0 Å². The van der Waals surface area contributed by atoms with E-state index >= 15 is 0 Å². The number of hydrogen-bond donors (Lipinski definition) is 0. The molecule has 0 N–H and O–H groups in total. The number of hydrogen-bond acceptors (Lipinski definition) is 3. The van der Waals surface area contributed by atoms with Crippen molar-refractivity contribution < 1.29 is 4.74 Å². The molecule has 0 saturated carbocycles. The zero-order valence-corrected chi connectivity index (χ0v) is 9.61. The summed E-state index contributed by atoms with van der Waals surface area (Å²) in [4.78, 5) is 8.19. The molecule has 0 fully saturated rings. The molecule has 3 nitrogen and oxygen atoms in total. The molecule has 0 atom stereocenters. The van der Waals surface area contributed by atoms with Crippen molar-refractivity contribution in [1.82, 2.24) is 9.97 Å². The number of aryl methyl sites for hydroxylation is 1. The first-order valence-corrected chi connectivity index (χ1v) is 5.42. The van der Waals surface area contributed by atoms with E-state index in [0.29, 0.717) is 17.4 Å². The number of ether oxygens (including phenoxy) is 1. The first-order chi connectivity index (χ1) is 7.78. The van der Waals surface area contributed by atoms with Crippen LogP contribution in [0.4, 0.5) is 0 Å². The second kappa shape index (κ2) is 4.94. The number of aromatic nitrogens is 2. The summed E-state index contributed by atoms with van der Waals surface area (Å²) in [5, 5.41) is 0. The molecule has 0 spiro atoms. The smallest absolute Gasteiger partial charge is 0.146 e. The van der Waals surface area contributed by atoms with Gasteiger partial charge in [0, 0.05) is 17.8 Å². The Kier molecular flexibility index (Phi) is 3.37. The number of alkyl halides is 1. The maximum Gasteiger partial charge on any atom is 0.146 e. The van der Waals surface area contributed by atoms with Crippen LogP contribution in [0.2, 0.25) is 0 Å². The normalized spacial score (nSPS) is 10.1. The van der Waals surface area contributed by atoms with E-state index in [2.05, 4.69) is 9.97 Å². The van der Waals surface area contributed by atoms with E-state index in [-0.39, 0.29) is 0 Å². The molecule has 0 amide bonds. The second-order valence-electron chi connectivity index (χ2n) is 3.40. The second-order valence-corrected chi connectivity index (χ2v) is 3.67. The van der Waals surface area contributed by atoms with Gasteiger partial charge in [-0.05, 0) is 30.7 Å². The lowest BCUT2D eigenvalue weighted by atomic mass is 10.3. The van der Waals surface area contributed by atoms with Gasteiger partial charge in [0.15, 0.2) is 0 Å². The van der Waals surface area contributed by atoms with Crippen molar-refractivity contribution >= 4 is 11.6 Å². The Morgan fingerprint density at radius 3 is 2.75 bits per heavy atom. The molecule has 0 aromatic carbocycles. The van der Waals surface area contributed by atoms with Gasteiger partial charge in [-0.3, -0.25) is 9.97 Å². The molecule has 2 aromatic heterocycles. The Labute approximate surface area is 99.1 Å². The molecule has 0 aliphatic carbocycles. The van der Waals surface area contributed by atoms with Gasteiger partial charge in [-0.1, -0.05) is 0 Å². The van der Waals surface area contributed by atoms with Crippen LogP contribution in [0.15, 0.2) is 36.8 Å². The van der Waals surface area contributed by atoms with Crippen LogP contribution in [-0.4, -0.2) is 9.97 Å². The summed E-state index contributed by atoms with van der Waals surface area (Å²) in [6, 6.07) is 5.63. The highest BCUT2D eigenvalue weighted by Crippen LogP contribution is 2.20. The molecule has 2 rings (SSSR count). The molecule has 2 aromatic rings. The fourth-order valence-electron chi connectivity index (χ4n) is 1.24. The fraction of sp³-hybridized carbons (Fsp3) is 0.167. The van der Waals surface area contributed by atoms with Crippen molar-refractivity contribution in [3.8, 4) is 11.5 Å². The first-order valence-electron chi connectivity index (χ1n) is 4.88. The third-order valence-corrected chi connectivity index (χ3v) is 2.35. The summed E-state index contributed by atoms with van der Waals surface area (Å²) in [6.07, 6.45) is 5.05. The molecule has 4 heteroatoms. The standard InChI is InChI=1S/C12H11ClN2O/c1-9-2-3-11(8-15-9)16-12-4-10(5-13)6-14-7-12/h2-4,6-8H,5H2,1H3. The summed E-state index contributed by atoms with van der Waals surface area (Å²) in [5.74, 6) is 1.79. The van der Waals surface area contributed by atoms with Gasteiger partial charge < -0.3 is 4.74 Å². The van der Waals surface area contributed by atoms with Crippen LogP contribution in [0, 0.1) is 6.92 Å². The van der Waals surface area contributed by atoms with E-state index in [1.807, 2.05) is 25.1 Å². The molecular formula is C12H11ClN2O. The lowest BCUT2D eigenvalue weighted by molar-refractivity contribution is 0.477. The van der Waals surface area contributed by atoms with Gasteiger partial charge in [0.1, 0.15) is 11.5 Å². The van der Waals surface area contributed by atoms with Crippen molar-refractivity contribution in [2.45, 2.75) is 12.8 Å². The quantitative estimate of drug-likeness (QED) is 0.765. The van der Waals surface area contributed by atoms with Crippen LogP contribution in [0.1, 0.15) is 11.3 Å². The Morgan fingerprint density at radius 2 is 2.06 bits per heavy atom. The highest BCUT2D eigenvalue weighted by atomic mass is 35.5. The molecule has 0 radical (unpaired) electrons. The Morgan fingerprint density at radius 1 is 1.19 bits per heavy atom. The average Bonchev–Trinajstić information content (AvgIpc) is 2.32.